The van der Waals surface area contributed by atoms with Crippen LogP contribution in [0.3, 0.4) is 0 Å². The van der Waals surface area contributed by atoms with Gasteiger partial charge in [-0.25, -0.2) is 0 Å². The smallest absolute Gasteiger partial charge is 0.121 e. The number of rotatable bonds is 9. The van der Waals surface area contributed by atoms with Gasteiger partial charge < -0.3 is 36.0 Å². The van der Waals surface area contributed by atoms with Crippen molar-refractivity contribution < 1.29 is 36.0 Å². The molecule has 0 aromatic heterocycles. The number of piperidine rings is 3. The minimum Gasteiger partial charge on any atom is -1.00 e. The lowest BCUT2D eigenvalue weighted by Crippen LogP contribution is -3.00. The average Bonchev–Trinajstić information content (AvgIpc) is 2.93. The maximum Gasteiger partial charge on any atom is 0.121 e. The van der Waals surface area contributed by atoms with Gasteiger partial charge in [0, 0.05) is 31.1 Å². The predicted octanol–water partition coefficient (Wildman–Crippen LogP) is 2.40. The van der Waals surface area contributed by atoms with Gasteiger partial charge in [-0.05, 0) is 35.4 Å². The van der Waals surface area contributed by atoms with Gasteiger partial charge in [0.15, 0.2) is 0 Å². The van der Waals surface area contributed by atoms with Crippen molar-refractivity contribution >= 4 is 0 Å². The fourth-order valence-corrected chi connectivity index (χ4v) is 6.34. The first-order valence-corrected chi connectivity index (χ1v) is 12.5. The summed E-state index contributed by atoms with van der Waals surface area (Å²) in [5, 5.41) is 12.5. The fourth-order valence-electron chi connectivity index (χ4n) is 6.34. The average molecular weight is 539 g/mol. The van der Waals surface area contributed by atoms with Gasteiger partial charge in [-0.3, -0.25) is 0 Å². The van der Waals surface area contributed by atoms with Crippen molar-refractivity contribution in [1.29, 1.82) is 0 Å². The standard InChI is InChI=1S/C30H36NO3.BrH/c1-33-27-13-15-28(16-14-27)34-24-8-20-31-21-17-29(18-22-31,19-23-31)30(32,25-9-4-2-5-10-25)26-11-6-3-7-12-26;/h2-7,9-16,32H,8,17-24H2,1H3;1H/q+1;/p-1. The first-order valence-electron chi connectivity index (χ1n) is 12.5. The topological polar surface area (TPSA) is 38.7 Å². The molecule has 35 heavy (non-hydrogen) atoms. The van der Waals surface area contributed by atoms with Gasteiger partial charge in [-0.2, -0.15) is 0 Å². The zero-order valence-electron chi connectivity index (χ0n) is 20.5. The zero-order chi connectivity index (χ0) is 23.5. The molecule has 1 N–H and O–H groups in total. The molecule has 3 fully saturated rings. The Morgan fingerprint density at radius 1 is 0.771 bits per heavy atom. The Morgan fingerprint density at radius 3 is 1.74 bits per heavy atom. The molecule has 6 rings (SSSR count). The number of fused-ring (bicyclic) bond motifs is 3. The van der Waals surface area contributed by atoms with E-state index in [9.17, 15) is 5.11 Å². The molecule has 0 radical (unpaired) electrons. The number of quaternary nitrogens is 1. The molecule has 5 heteroatoms. The Kier molecular flexibility index (Phi) is 7.89. The van der Waals surface area contributed by atoms with Crippen molar-refractivity contribution in [3.05, 3.63) is 96.1 Å². The molecule has 0 aliphatic carbocycles. The zero-order valence-corrected chi connectivity index (χ0v) is 22.1. The van der Waals surface area contributed by atoms with Crippen LogP contribution in [0.25, 0.3) is 0 Å². The highest BCUT2D eigenvalue weighted by atomic mass is 79.9. The fraction of sp³-hybridized carbons (Fsp3) is 0.400. The van der Waals surface area contributed by atoms with E-state index in [2.05, 4.69) is 48.5 Å². The molecule has 3 aliphatic rings. The van der Waals surface area contributed by atoms with E-state index >= 15 is 0 Å². The predicted molar refractivity (Wildman–Crippen MR) is 135 cm³/mol. The number of ether oxygens (including phenoxy) is 2. The number of methoxy groups -OCH3 is 1. The van der Waals surface area contributed by atoms with Crippen LogP contribution in [0.15, 0.2) is 84.9 Å². The first-order chi connectivity index (χ1) is 16.6. The van der Waals surface area contributed by atoms with Crippen LogP contribution in [0.4, 0.5) is 0 Å². The normalized spacial score (nSPS) is 23.4. The Hall–Kier alpha value is -2.34. The van der Waals surface area contributed by atoms with Crippen molar-refractivity contribution in [2.24, 2.45) is 5.41 Å². The van der Waals surface area contributed by atoms with Crippen LogP contribution in [0, 0.1) is 5.41 Å². The number of hydrogen-bond acceptors (Lipinski definition) is 3. The van der Waals surface area contributed by atoms with E-state index < -0.39 is 5.60 Å². The van der Waals surface area contributed by atoms with Crippen LogP contribution in [-0.4, -0.2) is 49.5 Å². The van der Waals surface area contributed by atoms with E-state index in [0.717, 1.165) is 85.6 Å². The van der Waals surface area contributed by atoms with Crippen molar-refractivity contribution in [2.75, 3.05) is 39.9 Å². The summed E-state index contributed by atoms with van der Waals surface area (Å²) in [4.78, 5) is 0. The van der Waals surface area contributed by atoms with Crippen LogP contribution >= 0.6 is 0 Å². The lowest BCUT2D eigenvalue weighted by atomic mass is 9.56. The number of nitrogens with zero attached hydrogens (tertiary/aromatic N) is 1. The third kappa shape index (κ3) is 4.87. The molecule has 3 heterocycles. The largest absolute Gasteiger partial charge is 1.00 e. The molecule has 0 unspecified atom stereocenters. The van der Waals surface area contributed by atoms with Gasteiger partial charge in [-0.15, -0.1) is 0 Å². The molecular formula is C30H36BrNO3. The third-order valence-electron chi connectivity index (χ3n) is 8.45. The number of benzene rings is 3. The van der Waals surface area contributed by atoms with E-state index in [1.54, 1.807) is 7.11 Å². The van der Waals surface area contributed by atoms with Gasteiger partial charge in [0.25, 0.3) is 0 Å². The number of aliphatic hydroxyl groups is 1. The van der Waals surface area contributed by atoms with E-state index in [1.807, 2.05) is 36.4 Å². The molecule has 186 valence electrons. The van der Waals surface area contributed by atoms with Crippen molar-refractivity contribution in [3.8, 4) is 11.5 Å². The minimum absolute atomic E-state index is 0. The van der Waals surface area contributed by atoms with Gasteiger partial charge in [0.1, 0.15) is 17.1 Å². The van der Waals surface area contributed by atoms with Gasteiger partial charge in [-0.1, -0.05) is 60.7 Å². The second-order valence-electron chi connectivity index (χ2n) is 10.1. The van der Waals surface area contributed by atoms with Gasteiger partial charge in [0.2, 0.25) is 0 Å². The second kappa shape index (κ2) is 10.7. The van der Waals surface area contributed by atoms with E-state index in [-0.39, 0.29) is 22.4 Å². The quantitative estimate of drug-likeness (QED) is 0.336. The summed E-state index contributed by atoms with van der Waals surface area (Å²) in [6.45, 7) is 5.26. The highest BCUT2D eigenvalue weighted by Gasteiger charge is 2.60. The Balaban J connectivity index is 0.00000289. The summed E-state index contributed by atoms with van der Waals surface area (Å²) < 4.78 is 12.4. The maximum absolute atomic E-state index is 12.5. The SMILES string of the molecule is COc1ccc(OCCC[N+]23CCC(C(O)(c4ccccc4)c4ccccc4)(CC2)CC3)cc1.[Br-]. The highest BCUT2D eigenvalue weighted by Crippen LogP contribution is 2.57. The molecule has 3 aromatic rings. The summed E-state index contributed by atoms with van der Waals surface area (Å²) in [7, 11) is 1.68. The molecule has 3 saturated heterocycles. The highest BCUT2D eigenvalue weighted by molar-refractivity contribution is 5.39. The van der Waals surface area contributed by atoms with Crippen molar-refractivity contribution in [3.63, 3.8) is 0 Å². The maximum atomic E-state index is 12.5. The van der Waals surface area contributed by atoms with E-state index in [1.165, 1.54) is 0 Å². The van der Waals surface area contributed by atoms with Crippen molar-refractivity contribution in [2.45, 2.75) is 31.3 Å². The molecule has 2 bridgehead atoms. The summed E-state index contributed by atoms with van der Waals surface area (Å²) in [5.41, 5.74) is 0.977. The molecule has 0 atom stereocenters. The molecule has 3 aromatic carbocycles. The van der Waals surface area contributed by atoms with Gasteiger partial charge >= 0.3 is 0 Å². The molecule has 0 spiro atoms. The van der Waals surface area contributed by atoms with Gasteiger partial charge in [0.05, 0.1) is 39.9 Å². The summed E-state index contributed by atoms with van der Waals surface area (Å²) >= 11 is 0. The number of halogens is 1. The lowest BCUT2D eigenvalue weighted by Gasteiger charge is -2.60. The summed E-state index contributed by atoms with van der Waals surface area (Å²) in [5.74, 6) is 1.75. The Labute approximate surface area is 219 Å². The lowest BCUT2D eigenvalue weighted by molar-refractivity contribution is -0.946. The first kappa shape index (κ1) is 25.7. The molecule has 0 saturated carbocycles. The minimum atomic E-state index is -0.955. The van der Waals surface area contributed by atoms with Crippen molar-refractivity contribution in [1.82, 2.24) is 0 Å². The summed E-state index contributed by atoms with van der Waals surface area (Å²) in [6.07, 6.45) is 4.19. The van der Waals surface area contributed by atoms with Crippen LogP contribution in [0.5, 0.6) is 11.5 Å². The molecule has 4 nitrogen and oxygen atoms in total. The third-order valence-corrected chi connectivity index (χ3v) is 8.45. The number of hydrogen-bond donors (Lipinski definition) is 1. The van der Waals surface area contributed by atoms with Crippen LogP contribution in [0.1, 0.15) is 36.8 Å². The van der Waals surface area contributed by atoms with Crippen LogP contribution < -0.4 is 26.5 Å². The second-order valence-corrected chi connectivity index (χ2v) is 10.1. The summed E-state index contributed by atoms with van der Waals surface area (Å²) in [6, 6.07) is 28.5. The van der Waals surface area contributed by atoms with Crippen LogP contribution in [0.2, 0.25) is 0 Å². The van der Waals surface area contributed by atoms with Crippen LogP contribution in [-0.2, 0) is 5.60 Å². The van der Waals surface area contributed by atoms with E-state index in [4.69, 9.17) is 9.47 Å². The molecular weight excluding hydrogens is 502 g/mol. The monoisotopic (exact) mass is 537 g/mol. The molecule has 3 aliphatic heterocycles. The Bertz CT molecular complexity index is 1010. The Morgan fingerprint density at radius 2 is 1.26 bits per heavy atom. The van der Waals surface area contributed by atoms with E-state index in [0.29, 0.717) is 0 Å². The molecule has 0 amide bonds.